The molecule has 0 spiro atoms. The van der Waals surface area contributed by atoms with Crippen LogP contribution in [0, 0.1) is 6.92 Å². The number of aryl methyl sites for hydroxylation is 1. The first-order chi connectivity index (χ1) is 13.3. The molecule has 0 bridgehead atoms. The number of sulfonamides is 1. The summed E-state index contributed by atoms with van der Waals surface area (Å²) in [5.74, 6) is 0.668. The van der Waals surface area contributed by atoms with E-state index in [0.717, 1.165) is 17.7 Å². The highest BCUT2D eigenvalue weighted by molar-refractivity contribution is 14.0. The highest BCUT2D eigenvalue weighted by atomic mass is 127. The molecule has 0 radical (unpaired) electrons. The van der Waals surface area contributed by atoms with E-state index in [9.17, 15) is 8.42 Å². The Labute approximate surface area is 195 Å². The van der Waals surface area contributed by atoms with Gasteiger partial charge in [0.1, 0.15) is 0 Å². The SMILES string of the molecule is CCNC(=NCc1ccccc1CS(=O)(=O)NC(C)C)NCc1ccc(C)s1.I. The maximum atomic E-state index is 12.3. The van der Waals surface area contributed by atoms with E-state index in [-0.39, 0.29) is 35.8 Å². The Hall–Kier alpha value is -1.17. The molecule has 1 aromatic carbocycles. The van der Waals surface area contributed by atoms with Gasteiger partial charge in [-0.3, -0.25) is 0 Å². The minimum Gasteiger partial charge on any atom is -0.357 e. The number of hydrogen-bond donors (Lipinski definition) is 3. The van der Waals surface area contributed by atoms with E-state index >= 15 is 0 Å². The van der Waals surface area contributed by atoms with E-state index in [1.54, 1.807) is 11.3 Å². The van der Waals surface area contributed by atoms with Gasteiger partial charge in [0.25, 0.3) is 0 Å². The van der Waals surface area contributed by atoms with E-state index in [4.69, 9.17) is 0 Å². The molecule has 0 aliphatic carbocycles. The molecule has 0 aliphatic heterocycles. The second kappa shape index (κ2) is 12.5. The fourth-order valence-electron chi connectivity index (χ4n) is 2.72. The topological polar surface area (TPSA) is 82.6 Å². The van der Waals surface area contributed by atoms with Gasteiger partial charge in [-0.1, -0.05) is 24.3 Å². The van der Waals surface area contributed by atoms with Gasteiger partial charge < -0.3 is 10.6 Å². The van der Waals surface area contributed by atoms with Crippen molar-refractivity contribution in [3.63, 3.8) is 0 Å². The van der Waals surface area contributed by atoms with Crippen LogP contribution in [0.3, 0.4) is 0 Å². The lowest BCUT2D eigenvalue weighted by Gasteiger charge is -2.13. The van der Waals surface area contributed by atoms with Crippen LogP contribution in [-0.4, -0.2) is 27.0 Å². The Bertz CT molecular complexity index is 895. The maximum absolute atomic E-state index is 12.3. The molecular weight excluding hydrogens is 519 g/mol. The lowest BCUT2D eigenvalue weighted by atomic mass is 10.1. The number of nitrogens with zero attached hydrogens (tertiary/aromatic N) is 1. The zero-order valence-electron chi connectivity index (χ0n) is 17.4. The molecular formula is C20H31IN4O2S2. The van der Waals surface area contributed by atoms with Crippen molar-refractivity contribution >= 4 is 51.3 Å². The molecule has 162 valence electrons. The quantitative estimate of drug-likeness (QED) is 0.252. The molecule has 2 aromatic rings. The molecule has 0 atom stereocenters. The van der Waals surface area contributed by atoms with Crippen molar-refractivity contribution in [1.29, 1.82) is 0 Å². The van der Waals surface area contributed by atoms with Crippen molar-refractivity contribution in [2.24, 2.45) is 4.99 Å². The van der Waals surface area contributed by atoms with E-state index in [1.165, 1.54) is 9.75 Å². The molecule has 1 aromatic heterocycles. The first-order valence-corrected chi connectivity index (χ1v) is 11.9. The van der Waals surface area contributed by atoms with Crippen molar-refractivity contribution in [3.05, 3.63) is 57.3 Å². The molecule has 2 rings (SSSR count). The summed E-state index contributed by atoms with van der Waals surface area (Å²) in [6.45, 7) is 9.61. The van der Waals surface area contributed by atoms with Gasteiger partial charge in [0.05, 0.1) is 18.8 Å². The molecule has 29 heavy (non-hydrogen) atoms. The van der Waals surface area contributed by atoms with Gasteiger partial charge in [-0.05, 0) is 51.0 Å². The smallest absolute Gasteiger partial charge is 0.216 e. The number of guanidine groups is 1. The summed E-state index contributed by atoms with van der Waals surface area (Å²) < 4.78 is 27.2. The number of nitrogens with one attached hydrogen (secondary N) is 3. The molecule has 1 heterocycles. The number of halogens is 1. The minimum absolute atomic E-state index is 0. The van der Waals surface area contributed by atoms with Crippen LogP contribution in [-0.2, 0) is 28.9 Å². The first-order valence-electron chi connectivity index (χ1n) is 9.43. The summed E-state index contributed by atoms with van der Waals surface area (Å²) >= 11 is 1.76. The number of hydrogen-bond acceptors (Lipinski definition) is 4. The molecule has 0 saturated carbocycles. The Morgan fingerprint density at radius 1 is 1.10 bits per heavy atom. The van der Waals surface area contributed by atoms with Gasteiger partial charge in [0.2, 0.25) is 10.0 Å². The van der Waals surface area contributed by atoms with Gasteiger partial charge in [-0.15, -0.1) is 35.3 Å². The van der Waals surface area contributed by atoms with Crippen LogP contribution < -0.4 is 15.4 Å². The predicted octanol–water partition coefficient (Wildman–Crippen LogP) is 3.76. The van der Waals surface area contributed by atoms with Crippen molar-refractivity contribution < 1.29 is 8.42 Å². The standard InChI is InChI=1S/C20H30N4O2S2.HI/c1-5-21-20(23-13-19-11-10-16(4)27-19)22-12-17-8-6-7-9-18(17)14-28(25,26)24-15(2)3;/h6-11,15,24H,5,12-14H2,1-4H3,(H2,21,22,23);1H. The van der Waals surface area contributed by atoms with Crippen LogP contribution in [0.5, 0.6) is 0 Å². The largest absolute Gasteiger partial charge is 0.357 e. The van der Waals surface area contributed by atoms with Crippen LogP contribution in [0.1, 0.15) is 41.7 Å². The summed E-state index contributed by atoms with van der Waals surface area (Å²) in [6, 6.07) is 11.6. The summed E-state index contributed by atoms with van der Waals surface area (Å²) in [7, 11) is -3.38. The van der Waals surface area contributed by atoms with Gasteiger partial charge in [0, 0.05) is 22.3 Å². The highest BCUT2D eigenvalue weighted by Gasteiger charge is 2.15. The normalized spacial score (nSPS) is 12.0. The van der Waals surface area contributed by atoms with E-state index in [2.05, 4.69) is 39.4 Å². The van der Waals surface area contributed by atoms with E-state index in [0.29, 0.717) is 19.0 Å². The summed E-state index contributed by atoms with van der Waals surface area (Å²) in [5.41, 5.74) is 1.67. The molecule has 0 fully saturated rings. The summed E-state index contributed by atoms with van der Waals surface area (Å²) in [4.78, 5) is 7.17. The third-order valence-electron chi connectivity index (χ3n) is 3.86. The number of benzene rings is 1. The molecule has 0 aliphatic rings. The second-order valence-corrected chi connectivity index (χ2v) is 9.99. The van der Waals surface area contributed by atoms with Gasteiger partial charge in [-0.25, -0.2) is 18.1 Å². The maximum Gasteiger partial charge on any atom is 0.216 e. The Balaban J connectivity index is 0.00000420. The third-order valence-corrected chi connectivity index (χ3v) is 6.38. The van der Waals surface area contributed by atoms with Crippen LogP contribution in [0.15, 0.2) is 41.4 Å². The molecule has 0 amide bonds. The van der Waals surface area contributed by atoms with Crippen LogP contribution >= 0.6 is 35.3 Å². The Kier molecular flexibility index (Phi) is 11.2. The molecule has 0 unspecified atom stereocenters. The lowest BCUT2D eigenvalue weighted by Crippen LogP contribution is -2.36. The fourth-order valence-corrected chi connectivity index (χ4v) is 5.04. The number of thiophene rings is 1. The molecule has 3 N–H and O–H groups in total. The van der Waals surface area contributed by atoms with Crippen LogP contribution in [0.4, 0.5) is 0 Å². The van der Waals surface area contributed by atoms with Crippen molar-refractivity contribution in [2.75, 3.05) is 6.54 Å². The third kappa shape index (κ3) is 9.45. The summed E-state index contributed by atoms with van der Waals surface area (Å²) in [6.07, 6.45) is 0. The summed E-state index contributed by atoms with van der Waals surface area (Å²) in [5, 5.41) is 6.57. The van der Waals surface area contributed by atoms with Crippen molar-refractivity contribution in [3.8, 4) is 0 Å². The Morgan fingerprint density at radius 3 is 2.38 bits per heavy atom. The number of rotatable bonds is 9. The average molecular weight is 551 g/mol. The number of aliphatic imine (C=N–C) groups is 1. The zero-order chi connectivity index (χ0) is 20.6. The van der Waals surface area contributed by atoms with Crippen LogP contribution in [0.25, 0.3) is 0 Å². The zero-order valence-corrected chi connectivity index (χ0v) is 21.3. The van der Waals surface area contributed by atoms with Gasteiger partial charge in [0.15, 0.2) is 5.96 Å². The van der Waals surface area contributed by atoms with Crippen molar-refractivity contribution in [2.45, 2.75) is 52.6 Å². The highest BCUT2D eigenvalue weighted by Crippen LogP contribution is 2.15. The molecule has 6 nitrogen and oxygen atoms in total. The van der Waals surface area contributed by atoms with E-state index < -0.39 is 10.0 Å². The molecule has 9 heteroatoms. The monoisotopic (exact) mass is 550 g/mol. The van der Waals surface area contributed by atoms with Gasteiger partial charge >= 0.3 is 0 Å². The van der Waals surface area contributed by atoms with E-state index in [1.807, 2.05) is 45.0 Å². The minimum atomic E-state index is -3.38. The Morgan fingerprint density at radius 2 is 1.79 bits per heavy atom. The predicted molar refractivity (Wildman–Crippen MR) is 133 cm³/mol. The second-order valence-electron chi connectivity index (χ2n) is 6.86. The van der Waals surface area contributed by atoms with Crippen LogP contribution in [0.2, 0.25) is 0 Å². The molecule has 0 saturated heterocycles. The average Bonchev–Trinajstić information content (AvgIpc) is 3.02. The fraction of sp³-hybridized carbons (Fsp3) is 0.450. The van der Waals surface area contributed by atoms with Crippen molar-refractivity contribution in [1.82, 2.24) is 15.4 Å². The first kappa shape index (κ1) is 25.9. The lowest BCUT2D eigenvalue weighted by molar-refractivity contribution is 0.569. The van der Waals surface area contributed by atoms with Gasteiger partial charge in [-0.2, -0.15) is 0 Å².